The lowest BCUT2D eigenvalue weighted by atomic mass is 10.0. The summed E-state index contributed by atoms with van der Waals surface area (Å²) in [6.07, 6.45) is 0.900. The van der Waals surface area contributed by atoms with Gasteiger partial charge in [-0.2, -0.15) is 4.57 Å². The highest BCUT2D eigenvalue weighted by Gasteiger charge is 2.29. The Bertz CT molecular complexity index is 1110. The van der Waals surface area contributed by atoms with Crippen LogP contribution >= 0.6 is 11.6 Å². The molecule has 0 radical (unpaired) electrons. The summed E-state index contributed by atoms with van der Waals surface area (Å²) in [4.78, 5) is 0. The summed E-state index contributed by atoms with van der Waals surface area (Å²) in [5.74, 6) is 1.43. The number of aromatic nitrogens is 1. The Morgan fingerprint density at radius 3 is 2.44 bits per heavy atom. The molecule has 136 valence electrons. The molecule has 1 aliphatic carbocycles. The highest BCUT2D eigenvalue weighted by molar-refractivity contribution is 6.33. The van der Waals surface area contributed by atoms with Crippen molar-refractivity contribution in [3.63, 3.8) is 0 Å². The third kappa shape index (κ3) is 2.97. The Morgan fingerprint density at radius 2 is 1.67 bits per heavy atom. The molecule has 5 heteroatoms. The van der Waals surface area contributed by atoms with Crippen LogP contribution in [-0.2, 0) is 13.5 Å². The van der Waals surface area contributed by atoms with Crippen LogP contribution < -0.4 is 26.4 Å². The Morgan fingerprint density at radius 1 is 0.926 bits per heavy atom. The fraction of sp³-hybridized carbons (Fsp3) is 0.136. The largest absolute Gasteiger partial charge is 1.00 e. The molecule has 2 aromatic rings. The maximum atomic E-state index is 6.62. The average Bonchev–Trinajstić information content (AvgIpc) is 3.15. The molecule has 0 bridgehead atoms. The van der Waals surface area contributed by atoms with Crippen molar-refractivity contribution >= 4 is 22.5 Å². The van der Waals surface area contributed by atoms with Crippen LogP contribution in [0.3, 0.4) is 0 Å². The van der Waals surface area contributed by atoms with Crippen molar-refractivity contribution in [2.24, 2.45) is 7.05 Å². The summed E-state index contributed by atoms with van der Waals surface area (Å²) in [7, 11) is 2.04. The maximum absolute atomic E-state index is 6.62. The van der Waals surface area contributed by atoms with Crippen molar-refractivity contribution in [2.45, 2.75) is 6.42 Å². The monoisotopic (exact) mass is 397 g/mol. The molecule has 5 rings (SSSR count). The predicted octanol–water partition coefficient (Wildman–Crippen LogP) is 1.75. The summed E-state index contributed by atoms with van der Waals surface area (Å²) in [6, 6.07) is 21.0. The van der Waals surface area contributed by atoms with E-state index in [1.54, 1.807) is 0 Å². The van der Waals surface area contributed by atoms with Crippen LogP contribution in [0, 0.1) is 0 Å². The zero-order chi connectivity index (χ0) is 17.7. The molecule has 2 heterocycles. The van der Waals surface area contributed by atoms with E-state index in [0.717, 1.165) is 28.9 Å². The molecular formula is C22H17Cl2NO2. The van der Waals surface area contributed by atoms with Gasteiger partial charge >= 0.3 is 0 Å². The first-order valence-electron chi connectivity index (χ1n) is 8.58. The zero-order valence-electron chi connectivity index (χ0n) is 14.7. The highest BCUT2D eigenvalue weighted by atomic mass is 35.5. The second-order valence-corrected chi connectivity index (χ2v) is 7.01. The maximum Gasteiger partial charge on any atom is 0.232 e. The lowest BCUT2D eigenvalue weighted by Crippen LogP contribution is -3.00. The van der Waals surface area contributed by atoms with Gasteiger partial charge in [-0.1, -0.05) is 48.0 Å². The fourth-order valence-electron chi connectivity index (χ4n) is 3.74. The molecule has 0 amide bonds. The van der Waals surface area contributed by atoms with Crippen LogP contribution in [0.1, 0.15) is 11.1 Å². The van der Waals surface area contributed by atoms with Crippen molar-refractivity contribution in [2.75, 3.05) is 6.79 Å². The minimum Gasteiger partial charge on any atom is -1.00 e. The molecule has 0 aromatic heterocycles. The topological polar surface area (TPSA) is 22.3 Å². The lowest BCUT2D eigenvalue weighted by molar-refractivity contribution is -0.631. The van der Waals surface area contributed by atoms with Crippen LogP contribution in [0.2, 0.25) is 5.02 Å². The number of ether oxygens (including phenoxy) is 2. The van der Waals surface area contributed by atoms with Gasteiger partial charge < -0.3 is 21.9 Å². The molecule has 0 fully saturated rings. The normalized spacial score (nSPS) is 12.4. The molecule has 0 spiro atoms. The summed E-state index contributed by atoms with van der Waals surface area (Å²) in [6.45, 7) is 0.237. The van der Waals surface area contributed by atoms with Gasteiger partial charge in [0.15, 0.2) is 11.5 Å². The molecule has 2 aromatic carbocycles. The number of hydrogen-bond donors (Lipinski definition) is 0. The van der Waals surface area contributed by atoms with Gasteiger partial charge in [0, 0.05) is 12.1 Å². The van der Waals surface area contributed by atoms with E-state index in [2.05, 4.69) is 47.0 Å². The van der Waals surface area contributed by atoms with E-state index in [1.807, 2.05) is 25.2 Å². The van der Waals surface area contributed by atoms with E-state index in [1.165, 1.54) is 16.5 Å². The van der Waals surface area contributed by atoms with Crippen LogP contribution in [-0.4, -0.2) is 6.79 Å². The summed E-state index contributed by atoms with van der Waals surface area (Å²) in [5, 5.41) is 1.83. The van der Waals surface area contributed by atoms with Crippen molar-refractivity contribution in [1.29, 1.82) is 0 Å². The second kappa shape index (κ2) is 6.91. The van der Waals surface area contributed by atoms with Crippen LogP contribution in [0.25, 0.3) is 22.2 Å². The van der Waals surface area contributed by atoms with Gasteiger partial charge in [0.1, 0.15) is 12.1 Å². The number of fused-ring (bicyclic) bond motifs is 4. The van der Waals surface area contributed by atoms with E-state index >= 15 is 0 Å². The zero-order valence-corrected chi connectivity index (χ0v) is 16.2. The first-order valence-corrected chi connectivity index (χ1v) is 8.96. The van der Waals surface area contributed by atoms with E-state index < -0.39 is 0 Å². The van der Waals surface area contributed by atoms with Gasteiger partial charge in [0.2, 0.25) is 18.0 Å². The van der Waals surface area contributed by atoms with Gasteiger partial charge in [-0.3, -0.25) is 0 Å². The van der Waals surface area contributed by atoms with Crippen molar-refractivity contribution in [3.8, 4) is 22.8 Å². The second-order valence-electron chi connectivity index (χ2n) is 6.61. The molecule has 0 saturated carbocycles. The Balaban J connectivity index is 0.00000180. The molecule has 27 heavy (non-hydrogen) atoms. The number of rotatable bonds is 2. The lowest BCUT2D eigenvalue weighted by Gasteiger charge is -2.01. The van der Waals surface area contributed by atoms with E-state index in [9.17, 15) is 0 Å². The van der Waals surface area contributed by atoms with Gasteiger partial charge in [-0.15, -0.1) is 0 Å². The summed E-state index contributed by atoms with van der Waals surface area (Å²) in [5.41, 5.74) is 5.79. The molecular weight excluding hydrogens is 381 g/mol. The number of benzene rings is 2. The van der Waals surface area contributed by atoms with Crippen LogP contribution in [0.15, 0.2) is 60.7 Å². The Hall–Kier alpha value is -2.49. The standard InChI is InChI=1S/C22H17ClNO2.ClH/c1-24-19-8-7-15(9-14-5-3-2-4-6-14)10-16(19)17-11-20-21(26-13-25-20)12-18(23)22(17)24;/h2-8,10-12H,9,13H2,1H3;1H/q+1;/p-1. The number of hydrogen-bond acceptors (Lipinski definition) is 2. The minimum absolute atomic E-state index is 0. The Kier molecular flexibility index (Phi) is 4.58. The third-order valence-electron chi connectivity index (χ3n) is 4.99. The van der Waals surface area contributed by atoms with Crippen LogP contribution in [0.4, 0.5) is 0 Å². The van der Waals surface area contributed by atoms with Gasteiger partial charge in [0.25, 0.3) is 0 Å². The van der Waals surface area contributed by atoms with Crippen molar-refractivity contribution < 1.29 is 26.4 Å². The molecule has 0 N–H and O–H groups in total. The third-order valence-corrected chi connectivity index (χ3v) is 5.27. The molecule has 0 unspecified atom stereocenters. The molecule has 3 aliphatic rings. The quantitative estimate of drug-likeness (QED) is 0.480. The first-order chi connectivity index (χ1) is 12.7. The number of aryl methyl sites for hydroxylation is 1. The van der Waals surface area contributed by atoms with Gasteiger partial charge in [-0.05, 0) is 29.7 Å². The van der Waals surface area contributed by atoms with Gasteiger partial charge in [-0.25, -0.2) is 0 Å². The Labute approximate surface area is 168 Å². The van der Waals surface area contributed by atoms with Gasteiger partial charge in [0.05, 0.1) is 10.9 Å². The van der Waals surface area contributed by atoms with E-state index in [4.69, 9.17) is 21.1 Å². The van der Waals surface area contributed by atoms with Crippen LogP contribution in [0.5, 0.6) is 11.5 Å². The SMILES string of the molecule is C[n+]1c2c(Cl)cc3c(cc-2c2cc(Cc4ccccc4)ccc21)OCO3.[Cl-]. The molecule has 0 atom stereocenters. The molecule has 0 saturated heterocycles. The van der Waals surface area contributed by atoms with E-state index in [0.29, 0.717) is 10.8 Å². The number of nitrogens with zero attached hydrogens (tertiary/aromatic N) is 1. The predicted molar refractivity (Wildman–Crippen MR) is 102 cm³/mol. The van der Waals surface area contributed by atoms with Crippen molar-refractivity contribution in [3.05, 3.63) is 76.8 Å². The average molecular weight is 398 g/mol. The summed E-state index contributed by atoms with van der Waals surface area (Å²) >= 11 is 6.62. The molecule has 2 aliphatic heterocycles. The fourth-order valence-corrected chi connectivity index (χ4v) is 4.06. The first kappa shape index (κ1) is 17.9. The molecule has 3 nitrogen and oxygen atoms in total. The van der Waals surface area contributed by atoms with Crippen molar-refractivity contribution in [1.82, 2.24) is 0 Å². The highest BCUT2D eigenvalue weighted by Crippen LogP contribution is 2.42. The van der Waals surface area contributed by atoms with E-state index in [-0.39, 0.29) is 19.2 Å². The summed E-state index contributed by atoms with van der Waals surface area (Å²) < 4.78 is 13.3. The smallest absolute Gasteiger partial charge is 0.232 e. The minimum atomic E-state index is 0. The number of halogens is 2.